The van der Waals surface area contributed by atoms with Crippen LogP contribution in [0.3, 0.4) is 0 Å². The van der Waals surface area contributed by atoms with Gasteiger partial charge in [0.2, 0.25) is 0 Å². The molecule has 3 aromatic rings. The first-order valence-electron chi connectivity index (χ1n) is 7.46. The van der Waals surface area contributed by atoms with Crippen molar-refractivity contribution in [2.75, 3.05) is 5.32 Å². The maximum absolute atomic E-state index is 12.0. The molecule has 2 N–H and O–H groups in total. The van der Waals surface area contributed by atoms with Gasteiger partial charge in [0.05, 0.1) is 0 Å². The summed E-state index contributed by atoms with van der Waals surface area (Å²) in [6.45, 7) is 0.308. The number of nitrogens with zero attached hydrogens (tertiary/aromatic N) is 1. The number of rotatable bonds is 4. The zero-order valence-electron chi connectivity index (χ0n) is 13.0. The van der Waals surface area contributed by atoms with Crippen LogP contribution >= 0.6 is 11.6 Å². The van der Waals surface area contributed by atoms with E-state index in [9.17, 15) is 9.59 Å². The molecule has 1 aromatic carbocycles. The van der Waals surface area contributed by atoms with Gasteiger partial charge in [0.25, 0.3) is 0 Å². The van der Waals surface area contributed by atoms with Crippen LogP contribution in [0.1, 0.15) is 5.56 Å². The fourth-order valence-electron chi connectivity index (χ4n) is 2.12. The molecule has 7 heteroatoms. The van der Waals surface area contributed by atoms with Crippen molar-refractivity contribution in [1.82, 2.24) is 10.3 Å². The zero-order chi connectivity index (χ0) is 17.6. The van der Waals surface area contributed by atoms with E-state index in [0.29, 0.717) is 22.9 Å². The van der Waals surface area contributed by atoms with Gasteiger partial charge in [-0.05, 0) is 42.0 Å². The van der Waals surface area contributed by atoms with Gasteiger partial charge in [0.1, 0.15) is 11.4 Å². The molecule has 0 aliphatic carbocycles. The lowest BCUT2D eigenvalue weighted by Gasteiger charge is -2.07. The number of benzene rings is 1. The van der Waals surface area contributed by atoms with E-state index in [4.69, 9.17) is 16.0 Å². The van der Waals surface area contributed by atoms with Crippen molar-refractivity contribution in [3.05, 3.63) is 81.9 Å². The van der Waals surface area contributed by atoms with E-state index < -0.39 is 11.7 Å². The molecule has 25 heavy (non-hydrogen) atoms. The largest absolute Gasteiger partial charge is 0.421 e. The lowest BCUT2D eigenvalue weighted by atomic mass is 10.2. The SMILES string of the molecule is O=C(NCc1ccc(Cl)cc1)Nc1ccc(-c2cccnc2)oc1=O. The van der Waals surface area contributed by atoms with E-state index in [1.54, 1.807) is 54.9 Å². The molecule has 0 spiro atoms. The van der Waals surface area contributed by atoms with Gasteiger partial charge >= 0.3 is 11.7 Å². The molecule has 2 heterocycles. The third kappa shape index (κ3) is 4.45. The maximum atomic E-state index is 12.0. The van der Waals surface area contributed by atoms with Crippen molar-refractivity contribution in [2.24, 2.45) is 0 Å². The number of hydrogen-bond acceptors (Lipinski definition) is 4. The Labute approximate surface area is 148 Å². The zero-order valence-corrected chi connectivity index (χ0v) is 13.8. The van der Waals surface area contributed by atoms with Crippen LogP contribution in [0.2, 0.25) is 5.02 Å². The standard InChI is InChI=1S/C18H14ClN3O3/c19-14-5-3-12(4-6-14)10-21-18(24)22-15-7-8-16(25-17(15)23)13-2-1-9-20-11-13/h1-9,11H,10H2,(H2,21,22,24). The van der Waals surface area contributed by atoms with Crippen LogP contribution in [-0.2, 0) is 6.54 Å². The van der Waals surface area contributed by atoms with Crippen LogP contribution in [0, 0.1) is 0 Å². The molecule has 0 bridgehead atoms. The first-order valence-corrected chi connectivity index (χ1v) is 7.83. The van der Waals surface area contributed by atoms with Gasteiger partial charge in [-0.1, -0.05) is 23.7 Å². The third-order valence-electron chi connectivity index (χ3n) is 3.38. The Morgan fingerprint density at radius 1 is 1.12 bits per heavy atom. The fraction of sp³-hybridized carbons (Fsp3) is 0.0556. The number of urea groups is 1. The Hall–Kier alpha value is -3.12. The summed E-state index contributed by atoms with van der Waals surface area (Å²) in [6, 6.07) is 13.2. The highest BCUT2D eigenvalue weighted by molar-refractivity contribution is 6.30. The maximum Gasteiger partial charge on any atom is 0.360 e. The van der Waals surface area contributed by atoms with Crippen molar-refractivity contribution in [3.63, 3.8) is 0 Å². The minimum Gasteiger partial charge on any atom is -0.421 e. The quantitative estimate of drug-likeness (QED) is 0.747. The average Bonchev–Trinajstić information content (AvgIpc) is 2.64. The molecule has 0 unspecified atom stereocenters. The Balaban J connectivity index is 1.63. The molecule has 0 atom stereocenters. The summed E-state index contributed by atoms with van der Waals surface area (Å²) in [4.78, 5) is 27.9. The number of carbonyl (C=O) groups excluding carboxylic acids is 1. The number of aromatic nitrogens is 1. The molecule has 6 nitrogen and oxygen atoms in total. The van der Waals surface area contributed by atoms with Gasteiger partial charge in [0.15, 0.2) is 0 Å². The van der Waals surface area contributed by atoms with Gasteiger partial charge in [-0.3, -0.25) is 4.98 Å². The van der Waals surface area contributed by atoms with Crippen molar-refractivity contribution in [1.29, 1.82) is 0 Å². The monoisotopic (exact) mass is 355 g/mol. The summed E-state index contributed by atoms with van der Waals surface area (Å²) in [6.07, 6.45) is 3.22. The van der Waals surface area contributed by atoms with Gasteiger partial charge in [-0.25, -0.2) is 9.59 Å². The second kappa shape index (κ2) is 7.63. The van der Waals surface area contributed by atoms with E-state index in [-0.39, 0.29) is 5.69 Å². The van der Waals surface area contributed by atoms with E-state index >= 15 is 0 Å². The predicted octanol–water partition coefficient (Wildman–Crippen LogP) is 3.68. The van der Waals surface area contributed by atoms with Crippen LogP contribution in [0.15, 0.2) is 70.1 Å². The number of nitrogens with one attached hydrogen (secondary N) is 2. The summed E-state index contributed by atoms with van der Waals surface area (Å²) < 4.78 is 5.22. The summed E-state index contributed by atoms with van der Waals surface area (Å²) in [5.41, 5.74) is 0.987. The second-order valence-electron chi connectivity index (χ2n) is 5.18. The highest BCUT2D eigenvalue weighted by Gasteiger charge is 2.09. The van der Waals surface area contributed by atoms with Gasteiger partial charge in [-0.15, -0.1) is 0 Å². The Kier molecular flexibility index (Phi) is 5.11. The minimum atomic E-state index is -0.636. The molecule has 0 saturated heterocycles. The molecule has 0 fully saturated rings. The highest BCUT2D eigenvalue weighted by Crippen LogP contribution is 2.17. The molecule has 0 saturated carbocycles. The molecular weight excluding hydrogens is 342 g/mol. The van der Waals surface area contributed by atoms with E-state index in [1.165, 1.54) is 6.07 Å². The summed E-state index contributed by atoms with van der Waals surface area (Å²) in [5.74, 6) is 0.380. The summed E-state index contributed by atoms with van der Waals surface area (Å²) in [5, 5.41) is 5.75. The van der Waals surface area contributed by atoms with E-state index in [2.05, 4.69) is 15.6 Å². The molecule has 3 rings (SSSR count). The van der Waals surface area contributed by atoms with E-state index in [1.807, 2.05) is 0 Å². The van der Waals surface area contributed by atoms with Crippen LogP contribution in [0.4, 0.5) is 10.5 Å². The van der Waals surface area contributed by atoms with Crippen LogP contribution in [0.25, 0.3) is 11.3 Å². The Morgan fingerprint density at radius 2 is 1.92 bits per heavy atom. The van der Waals surface area contributed by atoms with Crippen LogP contribution in [-0.4, -0.2) is 11.0 Å². The van der Waals surface area contributed by atoms with Gasteiger partial charge < -0.3 is 15.1 Å². The number of amides is 2. The minimum absolute atomic E-state index is 0.0567. The first-order chi connectivity index (χ1) is 12.1. The molecule has 0 radical (unpaired) electrons. The van der Waals surface area contributed by atoms with Gasteiger partial charge in [-0.2, -0.15) is 0 Å². The third-order valence-corrected chi connectivity index (χ3v) is 3.64. The average molecular weight is 356 g/mol. The summed E-state index contributed by atoms with van der Waals surface area (Å²) in [7, 11) is 0. The molecular formula is C18H14ClN3O3. The van der Waals surface area contributed by atoms with Crippen LogP contribution in [0.5, 0.6) is 0 Å². The number of hydrogen-bond donors (Lipinski definition) is 2. The topological polar surface area (TPSA) is 84.2 Å². The van der Waals surface area contributed by atoms with Gasteiger partial charge in [0, 0.05) is 29.5 Å². The Bertz CT molecular complexity index is 924. The fourth-order valence-corrected chi connectivity index (χ4v) is 2.25. The number of halogens is 1. The van der Waals surface area contributed by atoms with Crippen molar-refractivity contribution < 1.29 is 9.21 Å². The molecule has 0 aliphatic heterocycles. The van der Waals surface area contributed by atoms with Crippen molar-refractivity contribution in [3.8, 4) is 11.3 Å². The first kappa shape index (κ1) is 16.7. The normalized spacial score (nSPS) is 10.3. The van der Waals surface area contributed by atoms with Crippen molar-refractivity contribution >= 4 is 23.3 Å². The molecule has 126 valence electrons. The molecule has 2 amide bonds. The smallest absolute Gasteiger partial charge is 0.360 e. The number of anilines is 1. The molecule has 0 aliphatic rings. The second-order valence-corrected chi connectivity index (χ2v) is 5.61. The summed E-state index contributed by atoms with van der Waals surface area (Å²) >= 11 is 5.81. The van der Waals surface area contributed by atoms with Crippen molar-refractivity contribution in [2.45, 2.75) is 6.54 Å². The van der Waals surface area contributed by atoms with E-state index in [0.717, 1.165) is 5.56 Å². The number of carbonyl (C=O) groups is 1. The number of pyridine rings is 1. The Morgan fingerprint density at radius 3 is 2.60 bits per heavy atom. The lowest BCUT2D eigenvalue weighted by molar-refractivity contribution is 0.251. The highest BCUT2D eigenvalue weighted by atomic mass is 35.5. The lowest BCUT2D eigenvalue weighted by Crippen LogP contribution is -2.30. The molecule has 2 aromatic heterocycles. The van der Waals surface area contributed by atoms with Crippen LogP contribution < -0.4 is 16.3 Å². The predicted molar refractivity (Wildman–Crippen MR) is 95.5 cm³/mol.